The standard InChI is InChI=1S/2C13H15N2O2P.2ClH.Pt/c2*1-8-14-12(16)10-6-4-5-7-11(10)13(17)15(14)9(2)18(8)3;;;/h2*4-9H,1-3H3;2*1H;/q;;;;+2/t2*8-,9-;;;/m00.../s1. The van der Waals surface area contributed by atoms with Crippen LogP contribution in [0.4, 0.5) is 0 Å². The van der Waals surface area contributed by atoms with E-state index >= 15 is 0 Å². The number of aromatic nitrogens is 4. The van der Waals surface area contributed by atoms with Crippen molar-refractivity contribution in [3.05, 3.63) is 89.9 Å². The van der Waals surface area contributed by atoms with E-state index < -0.39 is 32.3 Å². The molecule has 4 aromatic rings. The summed E-state index contributed by atoms with van der Waals surface area (Å²) in [4.78, 5) is 50.0. The van der Waals surface area contributed by atoms with Gasteiger partial charge in [0.15, 0.2) is 23.1 Å². The third-order valence-corrected chi connectivity index (χ3v) is 14.4. The van der Waals surface area contributed by atoms with E-state index in [2.05, 4.69) is 13.3 Å². The molecule has 6 rings (SSSR count). The van der Waals surface area contributed by atoms with E-state index in [1.54, 1.807) is 43.0 Å². The Hall–Kier alpha value is -1.55. The van der Waals surface area contributed by atoms with Crippen LogP contribution < -0.4 is 22.2 Å². The molecule has 0 amide bonds. The van der Waals surface area contributed by atoms with Crippen molar-refractivity contribution >= 4 is 56.2 Å². The summed E-state index contributed by atoms with van der Waals surface area (Å²) in [5.74, 6) is 0.647. The van der Waals surface area contributed by atoms with Gasteiger partial charge in [0.2, 0.25) is 0 Å². The third kappa shape index (κ3) is 5.06. The first-order valence-corrected chi connectivity index (χ1v) is 22.4. The van der Waals surface area contributed by atoms with Crippen molar-refractivity contribution in [2.24, 2.45) is 0 Å². The third-order valence-electron chi connectivity index (χ3n) is 8.18. The van der Waals surface area contributed by atoms with E-state index in [0.717, 1.165) is 0 Å². The molecule has 0 bridgehead atoms. The summed E-state index contributed by atoms with van der Waals surface area (Å²) in [7, 11) is 8.22. The van der Waals surface area contributed by atoms with Gasteiger partial charge in [-0.3, -0.25) is 19.2 Å². The van der Waals surface area contributed by atoms with Gasteiger partial charge >= 0.3 is 35.3 Å². The first-order chi connectivity index (χ1) is 18.5. The molecule has 4 atom stereocenters. The first kappa shape index (κ1) is 30.4. The second kappa shape index (κ2) is 12.1. The monoisotopic (exact) mass is 791 g/mol. The van der Waals surface area contributed by atoms with E-state index in [4.69, 9.17) is 18.8 Å². The predicted molar refractivity (Wildman–Crippen MR) is 164 cm³/mol. The summed E-state index contributed by atoms with van der Waals surface area (Å²) in [6.07, 6.45) is 0. The molecule has 0 unspecified atom stereocenters. The topological polar surface area (TPSA) is 88.0 Å². The molecule has 212 valence electrons. The Labute approximate surface area is 244 Å². The van der Waals surface area contributed by atoms with E-state index in [1.165, 1.54) is 0 Å². The molecule has 13 heteroatoms. The van der Waals surface area contributed by atoms with Crippen molar-refractivity contribution in [1.82, 2.24) is 18.7 Å². The van der Waals surface area contributed by atoms with Crippen LogP contribution in [-0.4, -0.2) is 32.1 Å². The second-order valence-electron chi connectivity index (χ2n) is 9.93. The van der Waals surface area contributed by atoms with Crippen LogP contribution in [0.25, 0.3) is 21.5 Å². The van der Waals surface area contributed by atoms with Gasteiger partial charge in [0.05, 0.1) is 34.9 Å². The molecule has 0 radical (unpaired) electrons. The molecular weight excluding hydrogens is 760 g/mol. The van der Waals surface area contributed by atoms with Crippen molar-refractivity contribution in [2.75, 3.05) is 13.3 Å². The molecule has 2 aromatic carbocycles. The zero-order chi connectivity index (χ0) is 28.8. The van der Waals surface area contributed by atoms with Gasteiger partial charge in [-0.25, -0.2) is 18.7 Å². The fraction of sp³-hybridized carbons (Fsp3) is 0.385. The molecule has 0 fully saturated rings. The van der Waals surface area contributed by atoms with Crippen molar-refractivity contribution in [2.45, 2.75) is 50.8 Å². The summed E-state index contributed by atoms with van der Waals surface area (Å²) >= 11 is -0.472. The van der Waals surface area contributed by atoms with Crippen LogP contribution in [-0.2, 0) is 16.5 Å². The van der Waals surface area contributed by atoms with Crippen LogP contribution >= 0.6 is 34.7 Å². The maximum absolute atomic E-state index is 12.5. The SMILES string of the molecule is C[C@H]1n2c(=O)c3ccccc3c(=O)n2[C@H](C)[PH+]1C.C[C@H]1n2c(=O)c3ccccc3c(=O)n2[C@H](C)[PH+]1C.[Cl][Pt][Cl]. The quantitative estimate of drug-likeness (QED) is 0.221. The van der Waals surface area contributed by atoms with Crippen LogP contribution in [0.15, 0.2) is 67.7 Å². The molecule has 0 saturated carbocycles. The Morgan fingerprint density at radius 3 is 0.897 bits per heavy atom. The van der Waals surface area contributed by atoms with Gasteiger partial charge < -0.3 is 0 Å². The molecule has 0 N–H and O–H groups in total. The van der Waals surface area contributed by atoms with Crippen LogP contribution in [0.3, 0.4) is 0 Å². The minimum atomic E-state index is -0.765. The molecule has 8 nitrogen and oxygen atoms in total. The van der Waals surface area contributed by atoms with Gasteiger partial charge in [-0.2, -0.15) is 0 Å². The molecule has 39 heavy (non-hydrogen) atoms. The predicted octanol–water partition coefficient (Wildman–Crippen LogP) is 5.49. The van der Waals surface area contributed by atoms with Gasteiger partial charge in [0.1, 0.15) is 0 Å². The number of nitrogens with zero attached hydrogens (tertiary/aromatic N) is 4. The number of hydrogen-bond donors (Lipinski definition) is 0. The average molecular weight is 792 g/mol. The van der Waals surface area contributed by atoms with Gasteiger partial charge in [-0.1, -0.05) is 24.3 Å². The molecule has 0 spiro atoms. The van der Waals surface area contributed by atoms with E-state index in [1.807, 2.05) is 52.0 Å². The normalized spacial score (nSPS) is 22.3. The van der Waals surface area contributed by atoms with Gasteiger partial charge in [-0.15, -0.1) is 0 Å². The van der Waals surface area contributed by atoms with E-state index in [-0.39, 0.29) is 45.4 Å². The maximum atomic E-state index is 12.5. The summed E-state index contributed by atoms with van der Waals surface area (Å²) in [5.41, 5.74) is -0.143. The molecule has 2 aromatic heterocycles. The number of benzene rings is 2. The Kier molecular flexibility index (Phi) is 9.46. The van der Waals surface area contributed by atoms with Crippen LogP contribution in [0.5, 0.6) is 0 Å². The van der Waals surface area contributed by atoms with Crippen molar-refractivity contribution in [1.29, 1.82) is 0 Å². The zero-order valence-electron chi connectivity index (χ0n) is 22.4. The Morgan fingerprint density at radius 2 is 0.718 bits per heavy atom. The van der Waals surface area contributed by atoms with E-state index in [9.17, 15) is 19.2 Å². The van der Waals surface area contributed by atoms with Crippen LogP contribution in [0, 0.1) is 0 Å². The van der Waals surface area contributed by atoms with Gasteiger partial charge in [0.25, 0.3) is 22.2 Å². The van der Waals surface area contributed by atoms with Gasteiger partial charge in [0, 0.05) is 15.8 Å². The molecule has 0 aliphatic carbocycles. The minimum absolute atomic E-state index is 0.0357. The first-order valence-electron chi connectivity index (χ1n) is 12.5. The fourth-order valence-corrected chi connectivity index (χ4v) is 9.42. The molecular formula is C26H32Cl2N4O4P2Pt+2. The van der Waals surface area contributed by atoms with Crippen LogP contribution in [0.1, 0.15) is 50.8 Å². The number of fused-ring (bicyclic) bond motifs is 4. The van der Waals surface area contributed by atoms with Crippen molar-refractivity contribution in [3.63, 3.8) is 0 Å². The fourth-order valence-electron chi connectivity index (χ4n) is 5.52. The molecule has 2 aliphatic heterocycles. The average Bonchev–Trinajstić information content (AvgIpc) is 3.31. The van der Waals surface area contributed by atoms with Crippen molar-refractivity contribution < 1.29 is 16.5 Å². The molecule has 0 saturated heterocycles. The Bertz CT molecular complexity index is 1530. The summed E-state index contributed by atoms with van der Waals surface area (Å²) in [6.45, 7) is 12.6. The Balaban J connectivity index is 0.000000165. The summed E-state index contributed by atoms with van der Waals surface area (Å²) in [5, 5.41) is 2.15. The molecule has 4 heterocycles. The number of rotatable bonds is 0. The summed E-state index contributed by atoms with van der Waals surface area (Å²) in [6, 6.07) is 14.2. The summed E-state index contributed by atoms with van der Waals surface area (Å²) < 4.78 is 6.68. The van der Waals surface area contributed by atoms with Crippen LogP contribution in [0.2, 0.25) is 0 Å². The Morgan fingerprint density at radius 1 is 0.538 bits per heavy atom. The zero-order valence-corrected chi connectivity index (χ0v) is 28.2. The number of hydrogen-bond acceptors (Lipinski definition) is 4. The number of halogens is 2. The van der Waals surface area contributed by atoms with Crippen molar-refractivity contribution in [3.8, 4) is 0 Å². The van der Waals surface area contributed by atoms with E-state index in [0.29, 0.717) is 21.5 Å². The van der Waals surface area contributed by atoms with Gasteiger partial charge in [-0.05, 0) is 52.0 Å². The second-order valence-corrected chi connectivity index (χ2v) is 19.5. The molecule has 2 aliphatic rings.